The molecular weight excluding hydrogens is 275 g/mol. The summed E-state index contributed by atoms with van der Waals surface area (Å²) in [7, 11) is 0. The maximum atomic E-state index is 13.4. The number of fused-ring (bicyclic) bond motifs is 1. The van der Waals surface area contributed by atoms with E-state index in [1.165, 1.54) is 12.1 Å². The smallest absolute Gasteiger partial charge is 0.124 e. The summed E-state index contributed by atoms with van der Waals surface area (Å²) in [4.78, 5) is 0. The van der Waals surface area contributed by atoms with Gasteiger partial charge in [-0.3, -0.25) is 0 Å². The monoisotopic (exact) mass is 284 g/mol. The van der Waals surface area contributed by atoms with Gasteiger partial charge in [0.15, 0.2) is 0 Å². The van der Waals surface area contributed by atoms with E-state index in [-0.39, 0.29) is 0 Å². The van der Waals surface area contributed by atoms with E-state index in [0.29, 0.717) is 17.1 Å². The normalized spacial score (nSPS) is 10.7. The molecule has 0 N–H and O–H groups in total. The van der Waals surface area contributed by atoms with Crippen molar-refractivity contribution in [2.75, 3.05) is 0 Å². The number of aromatic nitrogens is 1. The van der Waals surface area contributed by atoms with Gasteiger partial charge in [0.05, 0.1) is 11.6 Å². The summed E-state index contributed by atoms with van der Waals surface area (Å²) >= 11 is 6.13. The average molecular weight is 285 g/mol. The number of rotatable bonds is 2. The Labute approximate surface area is 120 Å². The van der Waals surface area contributed by atoms with Gasteiger partial charge in [0.25, 0.3) is 0 Å². The van der Waals surface area contributed by atoms with E-state index in [9.17, 15) is 4.39 Å². The van der Waals surface area contributed by atoms with Crippen LogP contribution in [0.15, 0.2) is 48.7 Å². The van der Waals surface area contributed by atoms with Gasteiger partial charge in [0.1, 0.15) is 5.82 Å². The van der Waals surface area contributed by atoms with Crippen LogP contribution in [0.3, 0.4) is 0 Å². The van der Waals surface area contributed by atoms with Crippen molar-refractivity contribution >= 4 is 22.5 Å². The van der Waals surface area contributed by atoms with E-state index in [2.05, 4.69) is 0 Å². The number of benzene rings is 2. The van der Waals surface area contributed by atoms with Crippen LogP contribution in [-0.4, -0.2) is 4.57 Å². The number of hydrogen-bond acceptors (Lipinski definition) is 1. The van der Waals surface area contributed by atoms with Gasteiger partial charge in [-0.2, -0.15) is 5.26 Å². The molecule has 1 heterocycles. The van der Waals surface area contributed by atoms with Crippen LogP contribution in [0.2, 0.25) is 5.02 Å². The number of hydrogen-bond donors (Lipinski definition) is 0. The molecule has 0 aliphatic rings. The zero-order chi connectivity index (χ0) is 14.1. The minimum atomic E-state index is -0.395. The molecule has 0 aliphatic carbocycles. The molecular formula is C16H10ClFN2. The molecule has 1 aromatic heterocycles. The Balaban J connectivity index is 2.04. The van der Waals surface area contributed by atoms with Gasteiger partial charge in [-0.25, -0.2) is 4.39 Å². The molecule has 0 saturated carbocycles. The van der Waals surface area contributed by atoms with Gasteiger partial charge in [0, 0.05) is 28.7 Å². The molecule has 0 aliphatic heterocycles. The Kier molecular flexibility index (Phi) is 3.17. The minimum Gasteiger partial charge on any atom is -0.343 e. The molecule has 0 spiro atoms. The molecule has 0 amide bonds. The first-order valence-corrected chi connectivity index (χ1v) is 6.48. The maximum Gasteiger partial charge on any atom is 0.124 e. The molecule has 3 aromatic rings. The molecule has 98 valence electrons. The molecule has 0 bridgehead atoms. The van der Waals surface area contributed by atoms with Crippen molar-refractivity contribution in [3.63, 3.8) is 0 Å². The molecule has 2 aromatic carbocycles. The van der Waals surface area contributed by atoms with Crippen LogP contribution in [0.1, 0.15) is 11.1 Å². The highest BCUT2D eigenvalue weighted by Gasteiger charge is 2.06. The highest BCUT2D eigenvalue weighted by molar-refractivity contribution is 6.35. The molecule has 0 fully saturated rings. The molecule has 0 saturated heterocycles. The van der Waals surface area contributed by atoms with E-state index >= 15 is 0 Å². The van der Waals surface area contributed by atoms with Crippen molar-refractivity contribution in [2.24, 2.45) is 0 Å². The molecule has 4 heteroatoms. The van der Waals surface area contributed by atoms with Gasteiger partial charge in [-0.1, -0.05) is 17.7 Å². The van der Waals surface area contributed by atoms with Crippen molar-refractivity contribution < 1.29 is 4.39 Å². The van der Waals surface area contributed by atoms with Crippen LogP contribution in [0.25, 0.3) is 10.9 Å². The summed E-state index contributed by atoms with van der Waals surface area (Å²) in [5.41, 5.74) is 2.06. The summed E-state index contributed by atoms with van der Waals surface area (Å²) in [6.45, 7) is 0.496. The van der Waals surface area contributed by atoms with E-state index in [4.69, 9.17) is 16.9 Å². The lowest BCUT2D eigenvalue weighted by Crippen LogP contribution is -1.99. The second-order valence-corrected chi connectivity index (χ2v) is 4.98. The van der Waals surface area contributed by atoms with Gasteiger partial charge in [-0.15, -0.1) is 0 Å². The van der Waals surface area contributed by atoms with Crippen LogP contribution >= 0.6 is 11.6 Å². The van der Waals surface area contributed by atoms with Gasteiger partial charge in [0.2, 0.25) is 0 Å². The van der Waals surface area contributed by atoms with Crippen molar-refractivity contribution in [1.29, 1.82) is 5.26 Å². The Morgan fingerprint density at radius 1 is 1.20 bits per heavy atom. The highest BCUT2D eigenvalue weighted by Crippen LogP contribution is 2.25. The molecule has 20 heavy (non-hydrogen) atoms. The standard InChI is InChI=1S/C16H10ClFN2/c17-15-2-1-3-16-14(15)4-5-20(16)10-12-6-11(9-19)7-13(18)8-12/h1-8H,10H2. The summed E-state index contributed by atoms with van der Waals surface area (Å²) in [6.07, 6.45) is 1.91. The van der Waals surface area contributed by atoms with Crippen molar-refractivity contribution in [3.05, 3.63) is 70.6 Å². The van der Waals surface area contributed by atoms with E-state index in [1.807, 2.05) is 41.1 Å². The maximum absolute atomic E-state index is 13.4. The Morgan fingerprint density at radius 3 is 2.85 bits per heavy atom. The average Bonchev–Trinajstić information content (AvgIpc) is 2.83. The SMILES string of the molecule is N#Cc1cc(F)cc(Cn2ccc3c(Cl)cccc32)c1. The second-order valence-electron chi connectivity index (χ2n) is 4.58. The molecule has 0 radical (unpaired) electrons. The summed E-state index contributed by atoms with van der Waals surface area (Å²) in [6, 6.07) is 13.9. The number of halogens is 2. The first kappa shape index (κ1) is 12.7. The predicted octanol–water partition coefficient (Wildman–Crippen LogP) is 4.35. The largest absolute Gasteiger partial charge is 0.343 e. The van der Waals surface area contributed by atoms with Crippen LogP contribution in [0.4, 0.5) is 4.39 Å². The Morgan fingerprint density at radius 2 is 2.05 bits per heavy atom. The van der Waals surface area contributed by atoms with Crippen LogP contribution in [0, 0.1) is 17.1 Å². The first-order valence-electron chi connectivity index (χ1n) is 6.10. The lowest BCUT2D eigenvalue weighted by atomic mass is 10.1. The topological polar surface area (TPSA) is 28.7 Å². The number of nitrogens with zero attached hydrogens (tertiary/aromatic N) is 2. The fourth-order valence-corrected chi connectivity index (χ4v) is 2.56. The van der Waals surface area contributed by atoms with E-state index in [0.717, 1.165) is 16.5 Å². The van der Waals surface area contributed by atoms with Gasteiger partial charge < -0.3 is 4.57 Å². The fraction of sp³-hybridized carbons (Fsp3) is 0.0625. The second kappa shape index (κ2) is 4.99. The van der Waals surface area contributed by atoms with Crippen molar-refractivity contribution in [2.45, 2.75) is 6.54 Å². The molecule has 3 rings (SSSR count). The van der Waals surface area contributed by atoms with Crippen LogP contribution < -0.4 is 0 Å². The zero-order valence-corrected chi connectivity index (χ0v) is 11.2. The lowest BCUT2D eigenvalue weighted by Gasteiger charge is -2.07. The third-order valence-corrected chi connectivity index (χ3v) is 3.53. The summed E-state index contributed by atoms with van der Waals surface area (Å²) in [5, 5.41) is 10.5. The summed E-state index contributed by atoms with van der Waals surface area (Å²) < 4.78 is 15.4. The Hall–Kier alpha value is -2.31. The quantitative estimate of drug-likeness (QED) is 0.687. The highest BCUT2D eigenvalue weighted by atomic mass is 35.5. The third-order valence-electron chi connectivity index (χ3n) is 3.20. The lowest BCUT2D eigenvalue weighted by molar-refractivity contribution is 0.623. The molecule has 0 unspecified atom stereocenters. The predicted molar refractivity (Wildman–Crippen MR) is 77.2 cm³/mol. The van der Waals surface area contributed by atoms with Gasteiger partial charge >= 0.3 is 0 Å². The third kappa shape index (κ3) is 2.26. The fourth-order valence-electron chi connectivity index (χ4n) is 2.33. The van der Waals surface area contributed by atoms with Crippen LogP contribution in [-0.2, 0) is 6.54 Å². The summed E-state index contributed by atoms with van der Waals surface area (Å²) in [5.74, 6) is -0.395. The first-order chi connectivity index (χ1) is 9.67. The molecule has 2 nitrogen and oxygen atoms in total. The van der Waals surface area contributed by atoms with Gasteiger partial charge in [-0.05, 0) is 42.0 Å². The Bertz CT molecular complexity index is 830. The van der Waals surface area contributed by atoms with Crippen LogP contribution in [0.5, 0.6) is 0 Å². The van der Waals surface area contributed by atoms with E-state index < -0.39 is 5.82 Å². The van der Waals surface area contributed by atoms with Crippen molar-refractivity contribution in [3.8, 4) is 6.07 Å². The van der Waals surface area contributed by atoms with E-state index in [1.54, 1.807) is 6.07 Å². The molecule has 0 atom stereocenters. The number of nitriles is 1. The zero-order valence-electron chi connectivity index (χ0n) is 10.5. The van der Waals surface area contributed by atoms with Crippen molar-refractivity contribution in [1.82, 2.24) is 4.57 Å². The minimum absolute atomic E-state index is 0.328.